The third-order valence-corrected chi connectivity index (χ3v) is 4.68. The molecule has 10 nitrogen and oxygen atoms in total. The normalized spacial score (nSPS) is 16.6. The molecule has 0 amide bonds. The average Bonchev–Trinajstić information content (AvgIpc) is 3.45. The monoisotopic (exact) mass is 603 g/mol. The first-order valence-corrected chi connectivity index (χ1v) is 10.0. The van der Waals surface area contributed by atoms with Crippen LogP contribution in [-0.2, 0) is 31.9 Å². The van der Waals surface area contributed by atoms with Crippen molar-refractivity contribution >= 4 is 11.9 Å². The summed E-state index contributed by atoms with van der Waals surface area (Å²) >= 11 is 0. The van der Waals surface area contributed by atoms with Crippen molar-refractivity contribution < 1.29 is 21.1 Å². The smallest absolute Gasteiger partial charge is 0.536 e. The standard InChI is InChI=1S/C20H28N10.Pt/c1-19(2,3)15-21-17(25-23-15)29-11-9-27(13-29)7-8-28-10-12-30(14-28)18-22-16(24-26-18)20(4,5)6;/h9-14H,7-8H2,1-6H3;/q-4;+4. The number of hydrogen-bond acceptors (Lipinski definition) is 8. The van der Waals surface area contributed by atoms with Crippen LogP contribution in [0.4, 0.5) is 11.9 Å². The van der Waals surface area contributed by atoms with Crippen molar-refractivity contribution in [1.82, 2.24) is 40.2 Å². The van der Waals surface area contributed by atoms with Gasteiger partial charge in [-0.3, -0.25) is 10.2 Å². The van der Waals surface area contributed by atoms with Crippen molar-refractivity contribution in [2.75, 3.05) is 22.9 Å². The molecule has 0 unspecified atom stereocenters. The fraction of sp³-hybridized carbons (Fsp3) is 0.500. The summed E-state index contributed by atoms with van der Waals surface area (Å²) in [6, 6.07) is 0. The molecule has 0 saturated heterocycles. The van der Waals surface area contributed by atoms with Gasteiger partial charge < -0.3 is 29.6 Å². The molecule has 31 heavy (non-hydrogen) atoms. The Morgan fingerprint density at radius 3 is 1.42 bits per heavy atom. The zero-order chi connectivity index (χ0) is 21.5. The van der Waals surface area contributed by atoms with Gasteiger partial charge in [0.25, 0.3) is 0 Å². The van der Waals surface area contributed by atoms with Gasteiger partial charge in [0, 0.05) is 35.8 Å². The second-order valence-corrected chi connectivity index (χ2v) is 9.49. The maximum atomic E-state index is 4.54. The van der Waals surface area contributed by atoms with E-state index in [9.17, 15) is 0 Å². The fourth-order valence-corrected chi connectivity index (χ4v) is 2.84. The van der Waals surface area contributed by atoms with E-state index in [0.29, 0.717) is 11.9 Å². The number of nitrogens with zero attached hydrogens (tertiary/aromatic N) is 10. The van der Waals surface area contributed by atoms with E-state index in [1.807, 2.05) is 47.9 Å². The van der Waals surface area contributed by atoms with Crippen LogP contribution in [0.5, 0.6) is 0 Å². The minimum Gasteiger partial charge on any atom is -0.536 e. The average molecular weight is 604 g/mol. The molecule has 4 rings (SSSR count). The van der Waals surface area contributed by atoms with E-state index < -0.39 is 0 Å². The quantitative estimate of drug-likeness (QED) is 0.472. The molecule has 0 aromatic carbocycles. The first-order valence-electron chi connectivity index (χ1n) is 10.0. The van der Waals surface area contributed by atoms with Crippen molar-refractivity contribution in [2.45, 2.75) is 52.4 Å². The van der Waals surface area contributed by atoms with Crippen LogP contribution in [0.2, 0.25) is 0 Å². The second kappa shape index (κ2) is 8.65. The Labute approximate surface area is 198 Å². The predicted octanol–water partition coefficient (Wildman–Crippen LogP) is 1.90. The molecule has 2 aromatic rings. The van der Waals surface area contributed by atoms with Gasteiger partial charge in [-0.2, -0.15) is 0 Å². The summed E-state index contributed by atoms with van der Waals surface area (Å²) < 4.78 is 0. The Bertz CT molecular complexity index is 856. The number of anilines is 2. The summed E-state index contributed by atoms with van der Waals surface area (Å²) in [6.45, 7) is 18.0. The molecule has 2 aliphatic heterocycles. The van der Waals surface area contributed by atoms with E-state index >= 15 is 0 Å². The maximum absolute atomic E-state index is 4.54. The van der Waals surface area contributed by atoms with Crippen molar-refractivity contribution in [1.29, 1.82) is 0 Å². The van der Waals surface area contributed by atoms with Crippen LogP contribution in [0, 0.1) is 13.3 Å². The third kappa shape index (κ3) is 5.29. The second-order valence-electron chi connectivity index (χ2n) is 9.49. The summed E-state index contributed by atoms with van der Waals surface area (Å²) in [4.78, 5) is 17.0. The van der Waals surface area contributed by atoms with Gasteiger partial charge in [-0.1, -0.05) is 53.9 Å². The van der Waals surface area contributed by atoms with Crippen LogP contribution in [-0.4, -0.2) is 43.1 Å². The van der Waals surface area contributed by atoms with Crippen LogP contribution < -0.4 is 20.0 Å². The molecule has 168 valence electrons. The largest absolute Gasteiger partial charge is 4.00 e. The van der Waals surface area contributed by atoms with Gasteiger partial charge in [0.05, 0.1) is 11.6 Å². The van der Waals surface area contributed by atoms with Crippen molar-refractivity contribution in [3.63, 3.8) is 0 Å². The maximum Gasteiger partial charge on any atom is 4.00 e. The van der Waals surface area contributed by atoms with E-state index in [4.69, 9.17) is 0 Å². The van der Waals surface area contributed by atoms with E-state index in [1.165, 1.54) is 0 Å². The summed E-state index contributed by atoms with van der Waals surface area (Å²) in [5, 5.41) is 16.8. The number of hydrogen-bond donors (Lipinski definition) is 0. The zero-order valence-corrected chi connectivity index (χ0v) is 20.9. The van der Waals surface area contributed by atoms with E-state index in [1.54, 1.807) is 0 Å². The summed E-state index contributed by atoms with van der Waals surface area (Å²) in [6.07, 6.45) is 7.89. The van der Waals surface area contributed by atoms with Gasteiger partial charge in [0.15, 0.2) is 0 Å². The van der Waals surface area contributed by atoms with Gasteiger partial charge in [-0.15, -0.1) is 0 Å². The molecule has 2 aromatic heterocycles. The topological polar surface area (TPSA) is 92.7 Å². The minimum absolute atomic E-state index is 0. The zero-order valence-electron chi connectivity index (χ0n) is 18.7. The molecule has 0 bridgehead atoms. The molecular formula is C20H28N10Pt. The van der Waals surface area contributed by atoms with Gasteiger partial charge in [-0.25, -0.2) is 23.5 Å². The van der Waals surface area contributed by atoms with E-state index in [0.717, 1.165) is 24.7 Å². The van der Waals surface area contributed by atoms with E-state index in [2.05, 4.69) is 81.7 Å². The predicted molar refractivity (Wildman–Crippen MR) is 113 cm³/mol. The first kappa shape index (κ1) is 23.3. The first-order chi connectivity index (χ1) is 14.1. The summed E-state index contributed by atoms with van der Waals surface area (Å²) in [7, 11) is 0. The Hall–Kier alpha value is -2.35. The summed E-state index contributed by atoms with van der Waals surface area (Å²) in [5.41, 5.74) is -0.237. The van der Waals surface area contributed by atoms with Crippen LogP contribution in [0.25, 0.3) is 0 Å². The van der Waals surface area contributed by atoms with Gasteiger partial charge in [0.1, 0.15) is 0 Å². The number of aromatic nitrogens is 6. The molecule has 0 N–H and O–H groups in total. The Morgan fingerprint density at radius 2 is 1.10 bits per heavy atom. The molecule has 0 saturated carbocycles. The van der Waals surface area contributed by atoms with Gasteiger partial charge in [-0.05, 0) is 12.4 Å². The molecule has 0 aliphatic carbocycles. The third-order valence-electron chi connectivity index (χ3n) is 4.68. The number of rotatable bonds is 5. The minimum atomic E-state index is -0.118. The van der Waals surface area contributed by atoms with Gasteiger partial charge in [0.2, 0.25) is 0 Å². The Morgan fingerprint density at radius 1 is 0.710 bits per heavy atom. The van der Waals surface area contributed by atoms with Crippen molar-refractivity contribution in [3.8, 4) is 0 Å². The van der Waals surface area contributed by atoms with Crippen LogP contribution in [0.15, 0.2) is 24.8 Å². The molecule has 0 spiro atoms. The van der Waals surface area contributed by atoms with Crippen LogP contribution >= 0.6 is 0 Å². The van der Waals surface area contributed by atoms with Crippen LogP contribution in [0.3, 0.4) is 0 Å². The van der Waals surface area contributed by atoms with Crippen molar-refractivity contribution in [2.24, 2.45) is 0 Å². The molecule has 0 radical (unpaired) electrons. The molecule has 2 aliphatic rings. The molecule has 0 fully saturated rings. The molecule has 0 atom stereocenters. The Kier molecular flexibility index (Phi) is 6.50. The SMILES string of the molecule is CC(C)(C)c1n[n-]c(N2C=CN(CCN3C=CN(c4nc(C(C)(C)C)n[n-]4)[CH-]3)[CH-]2)n1.[Pt+4]. The van der Waals surface area contributed by atoms with Gasteiger partial charge >= 0.3 is 21.1 Å². The molecule has 4 heterocycles. The molecular weight excluding hydrogens is 575 g/mol. The fourth-order valence-electron chi connectivity index (χ4n) is 2.84. The van der Waals surface area contributed by atoms with E-state index in [-0.39, 0.29) is 31.9 Å². The van der Waals surface area contributed by atoms with Crippen LogP contribution in [0.1, 0.15) is 53.2 Å². The van der Waals surface area contributed by atoms with Crippen molar-refractivity contribution in [3.05, 3.63) is 49.8 Å². The Balaban J connectivity index is 0.00000272. The summed E-state index contributed by atoms with van der Waals surface area (Å²) in [5.74, 6) is 2.67. The molecule has 11 heteroatoms.